The summed E-state index contributed by atoms with van der Waals surface area (Å²) in [5.41, 5.74) is -7.48. The van der Waals surface area contributed by atoms with Crippen molar-refractivity contribution in [1.82, 2.24) is 0 Å². The summed E-state index contributed by atoms with van der Waals surface area (Å²) < 4.78 is 36.3. The highest BCUT2D eigenvalue weighted by Gasteiger charge is 2.89. The van der Waals surface area contributed by atoms with Crippen molar-refractivity contribution in [1.29, 1.82) is 0 Å². The van der Waals surface area contributed by atoms with Crippen molar-refractivity contribution in [2.45, 2.75) is 102 Å². The molecule has 268 valence electrons. The van der Waals surface area contributed by atoms with Crippen LogP contribution in [0.25, 0.3) is 6.08 Å². The maximum atomic E-state index is 13.9. The van der Waals surface area contributed by atoms with Crippen LogP contribution in [0.5, 0.6) is 0 Å². The van der Waals surface area contributed by atoms with Crippen LogP contribution < -0.4 is 0 Å². The molecule has 10 atom stereocenters. The average molecular weight is 695 g/mol. The first-order chi connectivity index (χ1) is 23.4. The Morgan fingerprint density at radius 2 is 1.24 bits per heavy atom. The van der Waals surface area contributed by atoms with Gasteiger partial charge in [-0.3, -0.25) is 14.4 Å². The third-order valence-corrected chi connectivity index (χ3v) is 10.1. The third-order valence-electron chi connectivity index (χ3n) is 10.1. The van der Waals surface area contributed by atoms with Crippen LogP contribution in [0.2, 0.25) is 0 Å². The standard InChI is InChI=1S/C37H42O13/c1-20(38)45-28-31(49-33(43)24-16-12-9-13-17-24)35(6)30(48-25(41)19-18-23-14-10-8-11-15-23)27(42)26-29(46-21(2)39)37(35,50-34(26,4)5)36(7,44)32(28)47-22(3)40/h8-19,26-32,42,44H,1-7H3/b19-18+/t26-,27+,28+,29-,30+,31+,32+,35-,36+,37-/m1/s1. The van der Waals surface area contributed by atoms with Crippen LogP contribution in [0.3, 0.4) is 0 Å². The first kappa shape index (κ1) is 36.7. The molecule has 3 fully saturated rings. The van der Waals surface area contributed by atoms with Crippen molar-refractivity contribution in [2.24, 2.45) is 11.3 Å². The molecular weight excluding hydrogens is 652 g/mol. The number of hydrogen-bond donors (Lipinski definition) is 2. The monoisotopic (exact) mass is 694 g/mol. The van der Waals surface area contributed by atoms with Gasteiger partial charge in [-0.2, -0.15) is 0 Å². The molecule has 13 nitrogen and oxygen atoms in total. The molecule has 0 unspecified atom stereocenters. The fraction of sp³-hybridized carbons (Fsp3) is 0.486. The maximum absolute atomic E-state index is 13.9. The Labute approximate surface area is 289 Å². The summed E-state index contributed by atoms with van der Waals surface area (Å²) in [6.45, 7) is 9.10. The van der Waals surface area contributed by atoms with Crippen LogP contribution >= 0.6 is 0 Å². The molecule has 2 bridgehead atoms. The van der Waals surface area contributed by atoms with Gasteiger partial charge in [0.05, 0.1) is 22.5 Å². The van der Waals surface area contributed by atoms with E-state index in [0.29, 0.717) is 5.56 Å². The highest BCUT2D eigenvalue weighted by atomic mass is 16.7. The Hall–Kier alpha value is -4.59. The topological polar surface area (TPSA) is 181 Å². The first-order valence-electron chi connectivity index (χ1n) is 16.2. The number of ether oxygens (including phenoxy) is 6. The molecule has 1 saturated heterocycles. The number of carbonyl (C=O) groups is 5. The molecule has 2 saturated carbocycles. The van der Waals surface area contributed by atoms with E-state index < -0.39 is 94.6 Å². The van der Waals surface area contributed by atoms with E-state index in [1.54, 1.807) is 62.4 Å². The van der Waals surface area contributed by atoms with Crippen LogP contribution in [0.1, 0.15) is 64.4 Å². The van der Waals surface area contributed by atoms with Gasteiger partial charge in [0.1, 0.15) is 23.9 Å². The van der Waals surface area contributed by atoms with E-state index in [1.165, 1.54) is 32.1 Å². The molecule has 3 aliphatic rings. The van der Waals surface area contributed by atoms with Gasteiger partial charge in [-0.1, -0.05) is 48.5 Å². The molecule has 2 N–H and O–H groups in total. The molecule has 5 rings (SSSR count). The zero-order chi connectivity index (χ0) is 36.8. The summed E-state index contributed by atoms with van der Waals surface area (Å²) in [5.74, 6) is -5.62. The number of benzene rings is 2. The number of hydrogen-bond acceptors (Lipinski definition) is 13. The Balaban J connectivity index is 1.79. The number of carbonyl (C=O) groups excluding carboxylic acids is 5. The lowest BCUT2D eigenvalue weighted by atomic mass is 9.45. The van der Waals surface area contributed by atoms with E-state index in [0.717, 1.165) is 26.8 Å². The van der Waals surface area contributed by atoms with E-state index in [9.17, 15) is 34.2 Å². The lowest BCUT2D eigenvalue weighted by molar-refractivity contribution is -0.374. The fourth-order valence-electron chi connectivity index (χ4n) is 8.30. The van der Waals surface area contributed by atoms with Crippen molar-refractivity contribution in [3.8, 4) is 0 Å². The van der Waals surface area contributed by atoms with E-state index in [4.69, 9.17) is 28.4 Å². The zero-order valence-corrected chi connectivity index (χ0v) is 28.9. The quantitative estimate of drug-likeness (QED) is 0.234. The van der Waals surface area contributed by atoms with Crippen molar-refractivity contribution in [3.63, 3.8) is 0 Å². The largest absolute Gasteiger partial charge is 0.459 e. The van der Waals surface area contributed by atoms with Gasteiger partial charge in [-0.25, -0.2) is 9.59 Å². The summed E-state index contributed by atoms with van der Waals surface area (Å²) in [5, 5.41) is 25.1. The fourth-order valence-corrected chi connectivity index (χ4v) is 8.30. The molecule has 2 aromatic rings. The number of fused-ring (bicyclic) bond motifs is 1. The number of aliphatic hydroxyl groups excluding tert-OH is 1. The maximum Gasteiger partial charge on any atom is 0.338 e. The molecule has 1 spiro atoms. The van der Waals surface area contributed by atoms with E-state index >= 15 is 0 Å². The molecular formula is C37H42O13. The first-order valence-corrected chi connectivity index (χ1v) is 16.2. The van der Waals surface area contributed by atoms with Gasteiger partial charge in [-0.05, 0) is 51.5 Å². The Morgan fingerprint density at radius 1 is 0.700 bits per heavy atom. The number of aliphatic hydroxyl groups is 2. The molecule has 1 heterocycles. The van der Waals surface area contributed by atoms with Crippen LogP contribution in [-0.2, 0) is 47.6 Å². The summed E-state index contributed by atoms with van der Waals surface area (Å²) in [6.07, 6.45) is -7.56. The van der Waals surface area contributed by atoms with Crippen molar-refractivity contribution >= 4 is 35.9 Å². The van der Waals surface area contributed by atoms with Gasteiger partial charge in [-0.15, -0.1) is 0 Å². The highest BCUT2D eigenvalue weighted by molar-refractivity contribution is 5.90. The minimum absolute atomic E-state index is 0.0749. The van der Waals surface area contributed by atoms with Gasteiger partial charge >= 0.3 is 29.8 Å². The van der Waals surface area contributed by atoms with Gasteiger partial charge < -0.3 is 38.6 Å². The number of esters is 5. The normalized spacial score (nSPS) is 35.3. The van der Waals surface area contributed by atoms with E-state index in [1.807, 2.05) is 0 Å². The van der Waals surface area contributed by atoms with Crippen LogP contribution in [0.4, 0.5) is 0 Å². The van der Waals surface area contributed by atoms with Crippen LogP contribution in [0, 0.1) is 11.3 Å². The van der Waals surface area contributed by atoms with Crippen molar-refractivity contribution in [2.75, 3.05) is 0 Å². The van der Waals surface area contributed by atoms with Crippen molar-refractivity contribution in [3.05, 3.63) is 77.9 Å². The molecule has 13 heteroatoms. The van der Waals surface area contributed by atoms with Crippen molar-refractivity contribution < 1.29 is 62.6 Å². The predicted molar refractivity (Wildman–Crippen MR) is 174 cm³/mol. The minimum atomic E-state index is -2.44. The Kier molecular flexibility index (Phi) is 9.74. The summed E-state index contributed by atoms with van der Waals surface area (Å²) in [7, 11) is 0. The Morgan fingerprint density at radius 3 is 1.80 bits per heavy atom. The van der Waals surface area contributed by atoms with Crippen LogP contribution in [-0.4, -0.2) is 93.5 Å². The molecule has 0 radical (unpaired) electrons. The summed E-state index contributed by atoms with van der Waals surface area (Å²) in [4.78, 5) is 65.6. The molecule has 2 aromatic carbocycles. The van der Waals surface area contributed by atoms with Gasteiger partial charge in [0.2, 0.25) is 0 Å². The lowest BCUT2D eigenvalue weighted by Crippen LogP contribution is -2.87. The third kappa shape index (κ3) is 5.96. The lowest BCUT2D eigenvalue weighted by Gasteiger charge is -2.67. The zero-order valence-electron chi connectivity index (χ0n) is 28.9. The predicted octanol–water partition coefficient (Wildman–Crippen LogP) is 2.94. The average Bonchev–Trinajstić information content (AvgIpc) is 3.26. The van der Waals surface area contributed by atoms with Gasteiger partial charge in [0.15, 0.2) is 23.9 Å². The van der Waals surface area contributed by atoms with E-state index in [-0.39, 0.29) is 5.56 Å². The number of rotatable bonds is 8. The molecule has 1 aliphatic heterocycles. The second kappa shape index (κ2) is 13.3. The minimum Gasteiger partial charge on any atom is -0.459 e. The Bertz CT molecular complexity index is 1670. The van der Waals surface area contributed by atoms with Crippen LogP contribution in [0.15, 0.2) is 66.7 Å². The second-order valence-corrected chi connectivity index (χ2v) is 13.8. The molecule has 0 amide bonds. The smallest absolute Gasteiger partial charge is 0.338 e. The van der Waals surface area contributed by atoms with Gasteiger partial charge in [0.25, 0.3) is 0 Å². The SMILES string of the molecule is CC(=O)O[C@H]1[C@H](OC(=O)c2ccccc2)[C@@]2(C)[C@@H](OC(=O)/C=C/c3ccccc3)[C@@H](O)[C@@H]3[C@@H](OC(C)=O)[C@]2(OC3(C)C)[C@@](C)(O)[C@H]1OC(C)=O. The molecule has 2 aliphatic carbocycles. The van der Waals surface area contributed by atoms with E-state index in [2.05, 4.69) is 0 Å². The highest BCUT2D eigenvalue weighted by Crippen LogP contribution is 2.69. The summed E-state index contributed by atoms with van der Waals surface area (Å²) in [6, 6.07) is 16.7. The van der Waals surface area contributed by atoms with Gasteiger partial charge in [0, 0.05) is 26.8 Å². The second-order valence-electron chi connectivity index (χ2n) is 13.8. The summed E-state index contributed by atoms with van der Waals surface area (Å²) >= 11 is 0. The molecule has 50 heavy (non-hydrogen) atoms. The molecule has 0 aromatic heterocycles.